The van der Waals surface area contributed by atoms with Gasteiger partial charge in [-0.3, -0.25) is 0 Å². The van der Waals surface area contributed by atoms with E-state index in [0.29, 0.717) is 30.0 Å². The van der Waals surface area contributed by atoms with Crippen LogP contribution in [0, 0.1) is 5.82 Å². The molecule has 0 unspecified atom stereocenters. The van der Waals surface area contributed by atoms with Gasteiger partial charge in [0, 0.05) is 18.7 Å². The summed E-state index contributed by atoms with van der Waals surface area (Å²) in [6.45, 7) is 0.940. The number of halogens is 1. The maximum Gasteiger partial charge on any atom is 0.356 e. The highest BCUT2D eigenvalue weighted by molar-refractivity contribution is 5.87. The summed E-state index contributed by atoms with van der Waals surface area (Å²) >= 11 is 0. The number of aromatic carboxylic acids is 1. The molecule has 0 saturated carbocycles. The van der Waals surface area contributed by atoms with Crippen molar-refractivity contribution in [3.05, 3.63) is 59.3 Å². The third-order valence-corrected chi connectivity index (χ3v) is 3.85. The molecule has 1 N–H and O–H groups in total. The maximum absolute atomic E-state index is 13.9. The van der Waals surface area contributed by atoms with Gasteiger partial charge in [-0.25, -0.2) is 18.7 Å². The normalized spacial score (nSPS) is 13.6. The summed E-state index contributed by atoms with van der Waals surface area (Å²) in [7, 11) is 0. The number of aromatic nitrogens is 3. The fraction of sp³-hybridized carbons (Fsp3) is 0.133. The van der Waals surface area contributed by atoms with Gasteiger partial charge >= 0.3 is 5.97 Å². The van der Waals surface area contributed by atoms with Gasteiger partial charge in [-0.05, 0) is 17.7 Å². The lowest BCUT2D eigenvalue weighted by molar-refractivity contribution is 0.0687. The first-order valence-electron chi connectivity index (χ1n) is 6.72. The summed E-state index contributed by atoms with van der Waals surface area (Å²) in [4.78, 5) is 17.4. The Labute approximate surface area is 124 Å². The van der Waals surface area contributed by atoms with E-state index in [0.717, 1.165) is 5.56 Å². The second-order valence-electron chi connectivity index (χ2n) is 5.13. The number of fused-ring (bicyclic) bond motifs is 2. The topological polar surface area (TPSA) is 70.7 Å². The first-order valence-corrected chi connectivity index (χ1v) is 6.72. The molecule has 22 heavy (non-hydrogen) atoms. The third-order valence-electron chi connectivity index (χ3n) is 3.85. The van der Waals surface area contributed by atoms with E-state index in [-0.39, 0.29) is 11.5 Å². The molecule has 0 spiro atoms. The average molecular weight is 298 g/mol. The minimum atomic E-state index is -1.09. The largest absolute Gasteiger partial charge is 0.476 e. The number of carbonyl (C=O) groups is 1. The van der Waals surface area contributed by atoms with Crippen molar-refractivity contribution in [2.24, 2.45) is 0 Å². The first kappa shape index (κ1) is 12.8. The van der Waals surface area contributed by atoms with Crippen LogP contribution in [-0.2, 0) is 13.1 Å². The second kappa shape index (κ2) is 4.52. The van der Waals surface area contributed by atoms with Crippen LogP contribution in [0.3, 0.4) is 0 Å². The summed E-state index contributed by atoms with van der Waals surface area (Å²) < 4.78 is 15.2. The average Bonchev–Trinajstić information content (AvgIpc) is 3.13. The molecule has 6 nitrogen and oxygen atoms in total. The number of hydrogen-bond acceptors (Lipinski definition) is 4. The molecule has 2 aromatic heterocycles. The quantitative estimate of drug-likeness (QED) is 0.784. The number of carboxylic acids is 1. The molecule has 0 bridgehead atoms. The summed E-state index contributed by atoms with van der Waals surface area (Å²) in [6.07, 6.45) is 2.80. The number of anilines is 1. The molecule has 0 radical (unpaired) electrons. The highest BCUT2D eigenvalue weighted by Crippen LogP contribution is 2.31. The van der Waals surface area contributed by atoms with Crippen LogP contribution in [-0.4, -0.2) is 25.7 Å². The van der Waals surface area contributed by atoms with Crippen LogP contribution in [0.5, 0.6) is 0 Å². The van der Waals surface area contributed by atoms with E-state index in [1.807, 2.05) is 11.0 Å². The van der Waals surface area contributed by atoms with Crippen LogP contribution < -0.4 is 4.90 Å². The fourth-order valence-corrected chi connectivity index (χ4v) is 2.83. The standard InChI is InChI=1S/C15H11FN4O2/c16-11-3-1-2-9-7-19(8-10(9)11)14-12-4-5-18-20(12)13(6-17-14)15(21)22/h1-6H,7-8H2,(H,21,22). The molecular weight excluding hydrogens is 287 g/mol. The third kappa shape index (κ3) is 1.75. The predicted octanol–water partition coefficient (Wildman–Crippen LogP) is 2.09. The van der Waals surface area contributed by atoms with Crippen molar-refractivity contribution in [3.63, 3.8) is 0 Å². The van der Waals surface area contributed by atoms with Crippen LogP contribution in [0.2, 0.25) is 0 Å². The zero-order valence-corrected chi connectivity index (χ0v) is 11.4. The lowest BCUT2D eigenvalue weighted by Gasteiger charge is -2.17. The van der Waals surface area contributed by atoms with Gasteiger partial charge in [0.15, 0.2) is 11.5 Å². The number of carboxylic acid groups (broad SMARTS) is 1. The molecule has 7 heteroatoms. The van der Waals surface area contributed by atoms with E-state index in [4.69, 9.17) is 0 Å². The molecule has 1 aromatic carbocycles. The molecule has 1 aliphatic heterocycles. The smallest absolute Gasteiger partial charge is 0.356 e. The molecular formula is C15H11FN4O2. The molecule has 110 valence electrons. The van der Waals surface area contributed by atoms with Crippen molar-refractivity contribution < 1.29 is 14.3 Å². The van der Waals surface area contributed by atoms with Crippen molar-refractivity contribution >= 4 is 17.3 Å². The van der Waals surface area contributed by atoms with E-state index < -0.39 is 5.97 Å². The molecule has 4 rings (SSSR count). The van der Waals surface area contributed by atoms with E-state index in [1.165, 1.54) is 23.0 Å². The SMILES string of the molecule is O=C(O)c1cnc(N2Cc3cccc(F)c3C2)c2ccnn12. The van der Waals surface area contributed by atoms with Gasteiger partial charge in [-0.1, -0.05) is 12.1 Å². The van der Waals surface area contributed by atoms with Gasteiger partial charge in [-0.2, -0.15) is 5.10 Å². The van der Waals surface area contributed by atoms with Gasteiger partial charge < -0.3 is 10.0 Å². The summed E-state index contributed by atoms with van der Waals surface area (Å²) in [5.74, 6) is -0.728. The van der Waals surface area contributed by atoms with Crippen LogP contribution >= 0.6 is 0 Å². The molecule has 1 aliphatic rings. The summed E-state index contributed by atoms with van der Waals surface area (Å²) in [6, 6.07) is 6.72. The Morgan fingerprint density at radius 2 is 2.14 bits per heavy atom. The lowest BCUT2D eigenvalue weighted by atomic mass is 10.1. The van der Waals surface area contributed by atoms with Gasteiger partial charge in [0.1, 0.15) is 11.3 Å². The Hall–Kier alpha value is -2.96. The van der Waals surface area contributed by atoms with E-state index >= 15 is 0 Å². The van der Waals surface area contributed by atoms with Crippen molar-refractivity contribution in [3.8, 4) is 0 Å². The van der Waals surface area contributed by atoms with Crippen molar-refractivity contribution in [1.82, 2.24) is 14.6 Å². The lowest BCUT2D eigenvalue weighted by Crippen LogP contribution is -2.19. The Balaban J connectivity index is 1.81. The van der Waals surface area contributed by atoms with Gasteiger partial charge in [0.25, 0.3) is 0 Å². The summed E-state index contributed by atoms with van der Waals surface area (Å²) in [5, 5.41) is 13.2. The number of hydrogen-bond donors (Lipinski definition) is 1. The van der Waals surface area contributed by atoms with Gasteiger partial charge in [0.2, 0.25) is 0 Å². The molecule has 0 atom stereocenters. The molecule has 0 fully saturated rings. The Kier molecular flexibility index (Phi) is 2.62. The second-order valence-corrected chi connectivity index (χ2v) is 5.13. The van der Waals surface area contributed by atoms with Crippen molar-refractivity contribution in [1.29, 1.82) is 0 Å². The predicted molar refractivity (Wildman–Crippen MR) is 76.2 cm³/mol. The van der Waals surface area contributed by atoms with Gasteiger partial charge in [0.05, 0.1) is 12.4 Å². The zero-order valence-electron chi connectivity index (χ0n) is 11.4. The zero-order chi connectivity index (χ0) is 15.3. The van der Waals surface area contributed by atoms with Crippen molar-refractivity contribution in [2.45, 2.75) is 13.1 Å². The molecule has 3 heterocycles. The Morgan fingerprint density at radius 3 is 2.91 bits per heavy atom. The van der Waals surface area contributed by atoms with Gasteiger partial charge in [-0.15, -0.1) is 0 Å². The highest BCUT2D eigenvalue weighted by Gasteiger charge is 2.25. The van der Waals surface area contributed by atoms with Crippen LogP contribution in [0.4, 0.5) is 10.2 Å². The molecule has 0 aliphatic carbocycles. The van der Waals surface area contributed by atoms with Crippen LogP contribution in [0.25, 0.3) is 5.52 Å². The monoisotopic (exact) mass is 298 g/mol. The molecule has 0 saturated heterocycles. The van der Waals surface area contributed by atoms with Crippen LogP contribution in [0.15, 0.2) is 36.7 Å². The Morgan fingerprint density at radius 1 is 1.27 bits per heavy atom. The van der Waals surface area contributed by atoms with Crippen molar-refractivity contribution in [2.75, 3.05) is 4.90 Å². The molecule has 3 aromatic rings. The van der Waals surface area contributed by atoms with E-state index in [1.54, 1.807) is 12.1 Å². The minimum Gasteiger partial charge on any atom is -0.476 e. The number of nitrogens with zero attached hydrogens (tertiary/aromatic N) is 4. The summed E-state index contributed by atoms with van der Waals surface area (Å²) in [5.41, 5.74) is 2.16. The maximum atomic E-state index is 13.9. The minimum absolute atomic E-state index is 0.00774. The number of rotatable bonds is 2. The van der Waals surface area contributed by atoms with Crippen LogP contribution in [0.1, 0.15) is 21.6 Å². The first-order chi connectivity index (χ1) is 10.6. The van der Waals surface area contributed by atoms with E-state index in [2.05, 4.69) is 10.1 Å². The molecule has 0 amide bonds. The number of benzene rings is 1. The van der Waals surface area contributed by atoms with E-state index in [9.17, 15) is 14.3 Å². The fourth-order valence-electron chi connectivity index (χ4n) is 2.83. The highest BCUT2D eigenvalue weighted by atomic mass is 19.1. The Bertz CT molecular complexity index is 906.